The molecule has 1 amide bonds. The van der Waals surface area contributed by atoms with Gasteiger partial charge in [-0.05, 0) is 67.0 Å². The Morgan fingerprint density at radius 2 is 2.19 bits per heavy atom. The molecule has 2 rings (SSSR count). The van der Waals surface area contributed by atoms with E-state index in [1.54, 1.807) is 12.1 Å². The van der Waals surface area contributed by atoms with Gasteiger partial charge in [-0.25, -0.2) is 4.79 Å². The summed E-state index contributed by atoms with van der Waals surface area (Å²) in [6.45, 7) is 2.66. The number of carbonyl (C=O) groups is 2. The van der Waals surface area contributed by atoms with E-state index >= 15 is 0 Å². The topological polar surface area (TPSA) is 66.8 Å². The summed E-state index contributed by atoms with van der Waals surface area (Å²) in [5.74, 6) is -0.902. The highest BCUT2D eigenvalue weighted by Crippen LogP contribution is 2.22. The lowest BCUT2D eigenvalue weighted by atomic mass is 10.0. The Bertz CT molecular complexity index is 546. The highest BCUT2D eigenvalue weighted by molar-refractivity contribution is 14.1. The highest BCUT2D eigenvalue weighted by Gasteiger charge is 2.23. The van der Waals surface area contributed by atoms with Crippen LogP contribution in [0.25, 0.3) is 0 Å². The van der Waals surface area contributed by atoms with Gasteiger partial charge in [-0.2, -0.15) is 0 Å². The van der Waals surface area contributed by atoms with Gasteiger partial charge in [0.2, 0.25) is 0 Å². The smallest absolute Gasteiger partial charge is 0.339 e. The van der Waals surface area contributed by atoms with Gasteiger partial charge in [-0.1, -0.05) is 0 Å². The number of piperidine rings is 1. The monoisotopic (exact) mass is 403 g/mol. The van der Waals surface area contributed by atoms with E-state index in [1.165, 1.54) is 6.07 Å². The molecule has 1 saturated heterocycles. The molecule has 1 aliphatic heterocycles. The molecule has 1 aromatic rings. The zero-order chi connectivity index (χ0) is 15.4. The number of carboxylic acid groups (broad SMARTS) is 1. The fraction of sp³-hybridized carbons (Fsp3) is 0.467. The van der Waals surface area contributed by atoms with Gasteiger partial charge in [-0.3, -0.25) is 4.79 Å². The molecule has 6 heteroatoms. The summed E-state index contributed by atoms with van der Waals surface area (Å²) in [7, 11) is 0. The van der Waals surface area contributed by atoms with Crippen LogP contribution in [0.4, 0.5) is 0 Å². The molecule has 0 aromatic heterocycles. The number of benzene rings is 1. The van der Waals surface area contributed by atoms with Crippen molar-refractivity contribution in [2.24, 2.45) is 0 Å². The number of carboxylic acids is 1. The number of amides is 1. The minimum Gasteiger partial charge on any atom is -0.483 e. The van der Waals surface area contributed by atoms with E-state index in [4.69, 9.17) is 9.84 Å². The molecule has 1 aromatic carbocycles. The molecule has 1 N–H and O–H groups in total. The summed E-state index contributed by atoms with van der Waals surface area (Å²) in [4.78, 5) is 25.2. The molecule has 0 aliphatic carbocycles. The standard InChI is InChI=1S/C15H18INO4/c1-10-4-2-3-7-17(10)14(18)9-21-13-6-5-11(16)8-12(13)15(19)20/h5-6,8,10H,2-4,7,9H2,1H3,(H,19,20). The first kappa shape index (κ1) is 16.1. The number of rotatable bonds is 4. The number of likely N-dealkylation sites (tertiary alicyclic amines) is 1. The number of hydrogen-bond acceptors (Lipinski definition) is 3. The van der Waals surface area contributed by atoms with Gasteiger partial charge in [-0.15, -0.1) is 0 Å². The van der Waals surface area contributed by atoms with Crippen LogP contribution in [0.2, 0.25) is 0 Å². The fourth-order valence-electron chi connectivity index (χ4n) is 2.49. The van der Waals surface area contributed by atoms with Crippen molar-refractivity contribution in [2.75, 3.05) is 13.2 Å². The van der Waals surface area contributed by atoms with E-state index in [0.717, 1.165) is 29.4 Å². The number of carbonyl (C=O) groups excluding carboxylic acids is 1. The summed E-state index contributed by atoms with van der Waals surface area (Å²) < 4.78 is 6.25. The first-order valence-corrected chi connectivity index (χ1v) is 8.02. The van der Waals surface area contributed by atoms with Crippen molar-refractivity contribution in [3.05, 3.63) is 27.3 Å². The van der Waals surface area contributed by atoms with Crippen LogP contribution in [0.5, 0.6) is 5.75 Å². The highest BCUT2D eigenvalue weighted by atomic mass is 127. The minimum atomic E-state index is -1.05. The van der Waals surface area contributed by atoms with Crippen LogP contribution in [-0.2, 0) is 4.79 Å². The molecule has 0 bridgehead atoms. The fourth-order valence-corrected chi connectivity index (χ4v) is 2.98. The maximum Gasteiger partial charge on any atom is 0.339 e. The van der Waals surface area contributed by atoms with Crippen molar-refractivity contribution in [2.45, 2.75) is 32.2 Å². The van der Waals surface area contributed by atoms with Crippen molar-refractivity contribution in [1.82, 2.24) is 4.90 Å². The first-order valence-electron chi connectivity index (χ1n) is 6.94. The number of halogens is 1. The van der Waals surface area contributed by atoms with Crippen LogP contribution in [0.3, 0.4) is 0 Å². The van der Waals surface area contributed by atoms with Gasteiger partial charge in [0.05, 0.1) is 0 Å². The van der Waals surface area contributed by atoms with E-state index in [1.807, 2.05) is 34.4 Å². The molecule has 1 unspecified atom stereocenters. The van der Waals surface area contributed by atoms with E-state index in [0.29, 0.717) is 0 Å². The summed E-state index contributed by atoms with van der Waals surface area (Å²) in [5.41, 5.74) is 0.0846. The lowest BCUT2D eigenvalue weighted by molar-refractivity contribution is -0.136. The zero-order valence-corrected chi connectivity index (χ0v) is 14.0. The average Bonchev–Trinajstić information content (AvgIpc) is 2.46. The van der Waals surface area contributed by atoms with Crippen LogP contribution >= 0.6 is 22.6 Å². The van der Waals surface area contributed by atoms with E-state index in [-0.39, 0.29) is 29.9 Å². The van der Waals surface area contributed by atoms with Gasteiger partial charge < -0.3 is 14.7 Å². The molecule has 0 saturated carbocycles. The number of aromatic carboxylic acids is 1. The summed E-state index contributed by atoms with van der Waals surface area (Å²) in [6, 6.07) is 5.12. The predicted molar refractivity (Wildman–Crippen MR) is 86.6 cm³/mol. The minimum absolute atomic E-state index is 0.0846. The molecule has 114 valence electrons. The Hall–Kier alpha value is -1.31. The lowest BCUT2D eigenvalue weighted by Crippen LogP contribution is -2.44. The third kappa shape index (κ3) is 4.09. The Balaban J connectivity index is 2.02. The maximum atomic E-state index is 12.2. The zero-order valence-electron chi connectivity index (χ0n) is 11.8. The van der Waals surface area contributed by atoms with Crippen LogP contribution < -0.4 is 4.74 Å². The largest absolute Gasteiger partial charge is 0.483 e. The molecule has 0 spiro atoms. The normalized spacial score (nSPS) is 18.4. The van der Waals surface area contributed by atoms with Gasteiger partial charge in [0, 0.05) is 16.2 Å². The average molecular weight is 403 g/mol. The molecule has 1 aliphatic rings. The van der Waals surface area contributed by atoms with Crippen molar-refractivity contribution in [3.8, 4) is 5.75 Å². The van der Waals surface area contributed by atoms with E-state index in [9.17, 15) is 9.59 Å². The van der Waals surface area contributed by atoms with Gasteiger partial charge in [0.1, 0.15) is 11.3 Å². The van der Waals surface area contributed by atoms with Crippen molar-refractivity contribution < 1.29 is 19.4 Å². The van der Waals surface area contributed by atoms with Crippen LogP contribution in [0.1, 0.15) is 36.5 Å². The second-order valence-corrected chi connectivity index (χ2v) is 6.41. The Labute approximate surface area is 137 Å². The lowest BCUT2D eigenvalue weighted by Gasteiger charge is -2.33. The van der Waals surface area contributed by atoms with Crippen LogP contribution in [0, 0.1) is 3.57 Å². The molecule has 5 nitrogen and oxygen atoms in total. The van der Waals surface area contributed by atoms with Gasteiger partial charge >= 0.3 is 5.97 Å². The van der Waals surface area contributed by atoms with E-state index < -0.39 is 5.97 Å². The predicted octanol–water partition coefficient (Wildman–Crippen LogP) is 2.77. The van der Waals surface area contributed by atoms with Crippen molar-refractivity contribution in [3.63, 3.8) is 0 Å². The van der Waals surface area contributed by atoms with Crippen LogP contribution in [0.15, 0.2) is 18.2 Å². The second-order valence-electron chi connectivity index (χ2n) is 5.17. The SMILES string of the molecule is CC1CCCCN1C(=O)COc1ccc(I)cc1C(=O)O. The number of nitrogens with zero attached hydrogens (tertiary/aromatic N) is 1. The molecule has 1 heterocycles. The number of ether oxygens (including phenoxy) is 1. The van der Waals surface area contributed by atoms with E-state index in [2.05, 4.69) is 0 Å². The van der Waals surface area contributed by atoms with Gasteiger partial charge in [0.15, 0.2) is 6.61 Å². The molecule has 0 radical (unpaired) electrons. The van der Waals surface area contributed by atoms with Gasteiger partial charge in [0.25, 0.3) is 5.91 Å². The Morgan fingerprint density at radius 3 is 2.86 bits per heavy atom. The number of hydrogen-bond donors (Lipinski definition) is 1. The third-order valence-corrected chi connectivity index (χ3v) is 4.32. The van der Waals surface area contributed by atoms with Crippen molar-refractivity contribution in [1.29, 1.82) is 0 Å². The second kappa shape index (κ2) is 7.11. The summed E-state index contributed by atoms with van der Waals surface area (Å²) >= 11 is 2.04. The Kier molecular flexibility index (Phi) is 5.44. The summed E-state index contributed by atoms with van der Waals surface area (Å²) in [5, 5.41) is 9.17. The third-order valence-electron chi connectivity index (χ3n) is 3.65. The maximum absolute atomic E-state index is 12.2. The van der Waals surface area contributed by atoms with Crippen LogP contribution in [-0.4, -0.2) is 41.1 Å². The molecule has 1 fully saturated rings. The first-order chi connectivity index (χ1) is 9.99. The summed E-state index contributed by atoms with van der Waals surface area (Å²) in [6.07, 6.45) is 3.17. The Morgan fingerprint density at radius 1 is 1.43 bits per heavy atom. The molecule has 21 heavy (non-hydrogen) atoms. The molecule has 1 atom stereocenters. The van der Waals surface area contributed by atoms with Crippen molar-refractivity contribution >= 4 is 34.5 Å². The quantitative estimate of drug-likeness (QED) is 0.786. The molecular weight excluding hydrogens is 385 g/mol. The molecular formula is C15H18INO4.